The first-order chi connectivity index (χ1) is 12.1. The van der Waals surface area contributed by atoms with Gasteiger partial charge in [0.2, 0.25) is 0 Å². The van der Waals surface area contributed by atoms with Crippen molar-refractivity contribution < 1.29 is 19.0 Å². The van der Waals surface area contributed by atoms with Crippen LogP contribution in [0.3, 0.4) is 0 Å². The molecule has 0 saturated heterocycles. The number of nitrogens with one attached hydrogen (secondary N) is 1. The molecule has 1 atom stereocenters. The molecule has 0 bridgehead atoms. The molecular weight excluding hydrogens is 344 g/mol. The zero-order chi connectivity index (χ0) is 17.6. The third-order valence-corrected chi connectivity index (χ3v) is 5.17. The lowest BCUT2D eigenvalue weighted by Crippen LogP contribution is -2.26. The molecule has 0 radical (unpaired) electrons. The number of rotatable bonds is 2. The summed E-state index contributed by atoms with van der Waals surface area (Å²) >= 11 is 1.13. The van der Waals surface area contributed by atoms with Crippen molar-refractivity contribution in [2.24, 2.45) is 0 Å². The van der Waals surface area contributed by atoms with Crippen molar-refractivity contribution >= 4 is 27.5 Å². The number of nitrogens with zero attached hydrogens (tertiary/aromatic N) is 1. The van der Waals surface area contributed by atoms with Crippen LogP contribution < -0.4 is 15.0 Å². The van der Waals surface area contributed by atoms with Crippen LogP contribution in [0.2, 0.25) is 0 Å². The molecule has 0 saturated carbocycles. The third-order valence-electron chi connectivity index (χ3n) is 4.00. The molecule has 0 aliphatic carbocycles. The summed E-state index contributed by atoms with van der Waals surface area (Å²) in [4.78, 5) is 32.4. The van der Waals surface area contributed by atoms with Gasteiger partial charge in [-0.2, -0.15) is 0 Å². The first kappa shape index (κ1) is 15.6. The van der Waals surface area contributed by atoms with Gasteiger partial charge in [-0.25, -0.2) is 9.78 Å². The van der Waals surface area contributed by atoms with E-state index in [1.807, 2.05) is 18.2 Å². The summed E-state index contributed by atoms with van der Waals surface area (Å²) < 4.78 is 16.3. The lowest BCUT2D eigenvalue weighted by molar-refractivity contribution is 0.0605. The first-order valence-corrected chi connectivity index (χ1v) is 8.40. The van der Waals surface area contributed by atoms with Gasteiger partial charge in [0, 0.05) is 0 Å². The average Bonchev–Trinajstić information content (AvgIpc) is 2.97. The molecule has 2 aromatic heterocycles. The second-order valence-corrected chi connectivity index (χ2v) is 6.54. The molecule has 3 aromatic rings. The van der Waals surface area contributed by atoms with Crippen LogP contribution in [0.15, 0.2) is 29.1 Å². The maximum absolute atomic E-state index is 12.5. The van der Waals surface area contributed by atoms with Gasteiger partial charge in [0.1, 0.15) is 16.3 Å². The Bertz CT molecular complexity index is 1040. The maximum atomic E-state index is 12.5. The van der Waals surface area contributed by atoms with Gasteiger partial charge in [-0.1, -0.05) is 12.1 Å². The summed E-state index contributed by atoms with van der Waals surface area (Å²) in [5.41, 5.74) is 0.254. The van der Waals surface area contributed by atoms with Crippen LogP contribution in [0, 0.1) is 6.92 Å². The summed E-state index contributed by atoms with van der Waals surface area (Å²) in [5.74, 6) is 1.14. The minimum atomic E-state index is -0.531. The summed E-state index contributed by atoms with van der Waals surface area (Å²) in [6.45, 7) is 1.94. The highest BCUT2D eigenvalue weighted by molar-refractivity contribution is 7.20. The number of fused-ring (bicyclic) bond motifs is 2. The van der Waals surface area contributed by atoms with E-state index in [9.17, 15) is 9.59 Å². The Morgan fingerprint density at radius 1 is 1.36 bits per heavy atom. The summed E-state index contributed by atoms with van der Waals surface area (Å²) in [7, 11) is 1.31. The van der Waals surface area contributed by atoms with E-state index in [1.165, 1.54) is 7.11 Å². The number of methoxy groups -OCH3 is 1. The van der Waals surface area contributed by atoms with E-state index in [0.717, 1.165) is 11.3 Å². The number of ether oxygens (including phenoxy) is 3. The highest BCUT2D eigenvalue weighted by Gasteiger charge is 2.26. The van der Waals surface area contributed by atoms with Gasteiger partial charge in [-0.15, -0.1) is 11.3 Å². The predicted molar refractivity (Wildman–Crippen MR) is 91.6 cm³/mol. The number of para-hydroxylation sites is 2. The summed E-state index contributed by atoms with van der Waals surface area (Å²) in [6, 6.07) is 7.31. The van der Waals surface area contributed by atoms with Crippen molar-refractivity contribution in [3.63, 3.8) is 0 Å². The Kier molecular flexibility index (Phi) is 3.69. The fourth-order valence-corrected chi connectivity index (χ4v) is 3.86. The molecule has 0 spiro atoms. The Hall–Kier alpha value is -2.87. The minimum Gasteiger partial charge on any atom is -0.485 e. The van der Waals surface area contributed by atoms with Crippen molar-refractivity contribution in [3.05, 3.63) is 50.9 Å². The third kappa shape index (κ3) is 2.54. The number of aromatic nitrogens is 2. The quantitative estimate of drug-likeness (QED) is 0.708. The van der Waals surface area contributed by atoms with E-state index in [-0.39, 0.29) is 12.2 Å². The molecule has 7 nitrogen and oxygen atoms in total. The van der Waals surface area contributed by atoms with Crippen LogP contribution in [0.5, 0.6) is 11.5 Å². The van der Waals surface area contributed by atoms with Crippen molar-refractivity contribution in [1.82, 2.24) is 9.97 Å². The summed E-state index contributed by atoms with van der Waals surface area (Å²) in [6.07, 6.45) is -0.531. The van der Waals surface area contributed by atoms with E-state index < -0.39 is 12.1 Å². The molecule has 0 fully saturated rings. The monoisotopic (exact) mass is 358 g/mol. The molecule has 8 heteroatoms. The van der Waals surface area contributed by atoms with Gasteiger partial charge in [0.25, 0.3) is 5.56 Å². The maximum Gasteiger partial charge on any atom is 0.348 e. The van der Waals surface area contributed by atoms with Crippen molar-refractivity contribution in [2.45, 2.75) is 13.0 Å². The SMILES string of the molecule is COC(=O)c1sc2nc([C@H]3COc4ccccc4O3)[nH]c(=O)c2c1C. The van der Waals surface area contributed by atoms with E-state index in [2.05, 4.69) is 9.97 Å². The van der Waals surface area contributed by atoms with Crippen LogP contribution >= 0.6 is 11.3 Å². The second kappa shape index (κ2) is 5.89. The average molecular weight is 358 g/mol. The standard InChI is InChI=1S/C17H14N2O5S/c1-8-12-15(20)18-14(19-16(12)25-13(8)17(21)22-2)11-7-23-9-5-3-4-6-10(9)24-11/h3-6,11H,7H2,1-2H3,(H,18,19,20)/t11-/m1/s1. The first-order valence-electron chi connectivity index (χ1n) is 7.58. The van der Waals surface area contributed by atoms with Crippen molar-refractivity contribution in [3.8, 4) is 11.5 Å². The number of carbonyl (C=O) groups excluding carboxylic acids is 1. The van der Waals surface area contributed by atoms with Gasteiger partial charge >= 0.3 is 5.97 Å². The topological polar surface area (TPSA) is 90.5 Å². The lowest BCUT2D eigenvalue weighted by atomic mass is 10.2. The molecule has 25 heavy (non-hydrogen) atoms. The zero-order valence-corrected chi connectivity index (χ0v) is 14.3. The normalized spacial score (nSPS) is 16.0. The van der Waals surface area contributed by atoms with E-state index in [4.69, 9.17) is 14.2 Å². The Labute approximate surface area is 146 Å². The van der Waals surface area contributed by atoms with Gasteiger partial charge in [0.05, 0.1) is 12.5 Å². The minimum absolute atomic E-state index is 0.236. The van der Waals surface area contributed by atoms with Gasteiger partial charge in [-0.05, 0) is 24.6 Å². The van der Waals surface area contributed by atoms with Crippen LogP contribution in [-0.2, 0) is 4.74 Å². The molecule has 0 amide bonds. The van der Waals surface area contributed by atoms with Crippen LogP contribution in [0.25, 0.3) is 10.2 Å². The molecule has 4 rings (SSSR count). The fraction of sp³-hybridized carbons (Fsp3) is 0.235. The largest absolute Gasteiger partial charge is 0.485 e. The smallest absolute Gasteiger partial charge is 0.348 e. The van der Waals surface area contributed by atoms with Crippen molar-refractivity contribution in [1.29, 1.82) is 0 Å². The molecule has 128 valence electrons. The number of hydrogen-bond donors (Lipinski definition) is 1. The Morgan fingerprint density at radius 3 is 2.88 bits per heavy atom. The van der Waals surface area contributed by atoms with Gasteiger partial charge < -0.3 is 19.2 Å². The van der Waals surface area contributed by atoms with Crippen LogP contribution in [0.1, 0.15) is 27.2 Å². The molecular formula is C17H14N2O5S. The number of carbonyl (C=O) groups is 1. The highest BCUT2D eigenvalue weighted by Crippen LogP contribution is 2.35. The summed E-state index contributed by atoms with van der Waals surface area (Å²) in [5, 5.41) is 0.395. The predicted octanol–water partition coefficient (Wildman–Crippen LogP) is 2.59. The molecule has 3 heterocycles. The van der Waals surface area contributed by atoms with Gasteiger partial charge in [-0.3, -0.25) is 4.79 Å². The molecule has 1 aliphatic heterocycles. The second-order valence-electron chi connectivity index (χ2n) is 5.54. The van der Waals surface area contributed by atoms with Crippen LogP contribution in [-0.4, -0.2) is 29.7 Å². The van der Waals surface area contributed by atoms with Crippen molar-refractivity contribution in [2.75, 3.05) is 13.7 Å². The number of esters is 1. The number of aryl methyl sites for hydroxylation is 1. The molecule has 1 aliphatic rings. The Balaban J connectivity index is 1.77. The van der Waals surface area contributed by atoms with E-state index in [1.54, 1.807) is 13.0 Å². The van der Waals surface area contributed by atoms with E-state index >= 15 is 0 Å². The van der Waals surface area contributed by atoms with E-state index in [0.29, 0.717) is 38.0 Å². The molecule has 0 unspecified atom stereocenters. The highest BCUT2D eigenvalue weighted by atomic mass is 32.1. The number of aromatic amines is 1. The number of hydrogen-bond acceptors (Lipinski definition) is 7. The Morgan fingerprint density at radius 2 is 2.12 bits per heavy atom. The van der Waals surface area contributed by atoms with Gasteiger partial charge in [0.15, 0.2) is 23.4 Å². The number of thiophene rings is 1. The number of benzene rings is 1. The molecule has 1 N–H and O–H groups in total. The number of H-pyrrole nitrogens is 1. The molecule has 1 aromatic carbocycles. The zero-order valence-electron chi connectivity index (χ0n) is 13.5. The van der Waals surface area contributed by atoms with Crippen LogP contribution in [0.4, 0.5) is 0 Å². The fourth-order valence-electron chi connectivity index (χ4n) is 2.75. The lowest BCUT2D eigenvalue weighted by Gasteiger charge is -2.25.